The molecule has 0 fully saturated rings. The molecule has 1 aromatic carbocycles. The van der Waals surface area contributed by atoms with E-state index in [9.17, 15) is 13.2 Å². The van der Waals surface area contributed by atoms with Crippen LogP contribution in [0.25, 0.3) is 0 Å². The zero-order chi connectivity index (χ0) is 14.8. The molecule has 3 nitrogen and oxygen atoms in total. The van der Waals surface area contributed by atoms with Crippen molar-refractivity contribution in [1.29, 1.82) is 5.26 Å². The molecule has 0 aliphatic carbocycles. The van der Waals surface area contributed by atoms with Crippen molar-refractivity contribution < 1.29 is 13.2 Å². The van der Waals surface area contributed by atoms with E-state index >= 15 is 0 Å². The Morgan fingerprint density at radius 1 is 1.20 bits per heavy atom. The fourth-order valence-electron chi connectivity index (χ4n) is 1.38. The van der Waals surface area contributed by atoms with Crippen molar-refractivity contribution in [3.05, 3.63) is 46.2 Å². The Morgan fingerprint density at radius 3 is 2.40 bits per heavy atom. The van der Waals surface area contributed by atoms with Crippen LogP contribution >= 0.6 is 27.7 Å². The van der Waals surface area contributed by atoms with Crippen molar-refractivity contribution in [3.63, 3.8) is 0 Å². The van der Waals surface area contributed by atoms with Crippen LogP contribution in [0.2, 0.25) is 0 Å². The van der Waals surface area contributed by atoms with E-state index in [-0.39, 0.29) is 0 Å². The number of nitrogens with zero attached hydrogens (tertiary/aromatic N) is 3. The van der Waals surface area contributed by atoms with Crippen molar-refractivity contribution in [2.75, 3.05) is 0 Å². The normalized spacial score (nSPS) is 11.2. The number of benzene rings is 1. The first kappa shape index (κ1) is 14.8. The number of alkyl halides is 3. The maximum Gasteiger partial charge on any atom is 0.417 e. The Morgan fingerprint density at radius 2 is 1.85 bits per heavy atom. The van der Waals surface area contributed by atoms with Crippen LogP contribution in [-0.2, 0) is 6.18 Å². The minimum absolute atomic E-state index is 0.318. The smallest absolute Gasteiger partial charge is 0.230 e. The highest BCUT2D eigenvalue weighted by molar-refractivity contribution is 9.10. The molecule has 0 atom stereocenters. The molecule has 0 aliphatic rings. The van der Waals surface area contributed by atoms with Crippen molar-refractivity contribution in [3.8, 4) is 6.07 Å². The fourth-order valence-corrected chi connectivity index (χ4v) is 2.32. The molecular formula is C12H5BrF3N3S. The first-order valence-corrected chi connectivity index (χ1v) is 6.78. The molecule has 0 amide bonds. The molecule has 2 rings (SSSR count). The first-order valence-electron chi connectivity index (χ1n) is 5.17. The largest absolute Gasteiger partial charge is 0.417 e. The standard InChI is InChI=1S/C12H5BrF3N3S/c13-8-5-18-11(19-6-8)20-9-2-1-7(4-17)10(3-9)12(14,15)16/h1-3,5-6H. The van der Waals surface area contributed by atoms with E-state index in [4.69, 9.17) is 5.26 Å². The zero-order valence-electron chi connectivity index (χ0n) is 9.65. The van der Waals surface area contributed by atoms with Gasteiger partial charge in [0.05, 0.1) is 21.7 Å². The Bertz CT molecular complexity index is 665. The summed E-state index contributed by atoms with van der Waals surface area (Å²) in [6.07, 6.45) is -1.56. The SMILES string of the molecule is N#Cc1ccc(Sc2ncc(Br)cn2)cc1C(F)(F)F. The highest BCUT2D eigenvalue weighted by Gasteiger charge is 2.33. The Labute approximate surface area is 125 Å². The second-order valence-electron chi connectivity index (χ2n) is 3.60. The van der Waals surface area contributed by atoms with Gasteiger partial charge in [-0.15, -0.1) is 0 Å². The Hall–Kier alpha value is -1.59. The predicted molar refractivity (Wildman–Crippen MR) is 70.0 cm³/mol. The van der Waals surface area contributed by atoms with Gasteiger partial charge < -0.3 is 0 Å². The van der Waals surface area contributed by atoms with Gasteiger partial charge in [-0.3, -0.25) is 0 Å². The van der Waals surface area contributed by atoms with Gasteiger partial charge in [0.2, 0.25) is 0 Å². The lowest BCUT2D eigenvalue weighted by atomic mass is 10.1. The summed E-state index contributed by atoms with van der Waals surface area (Å²) in [5.41, 5.74) is -1.36. The van der Waals surface area contributed by atoms with Crippen LogP contribution in [0.3, 0.4) is 0 Å². The number of hydrogen-bond acceptors (Lipinski definition) is 4. The maximum absolute atomic E-state index is 12.8. The molecule has 1 heterocycles. The molecule has 0 aliphatic heterocycles. The summed E-state index contributed by atoms with van der Waals surface area (Å²) in [5, 5.41) is 9.03. The van der Waals surface area contributed by atoms with E-state index in [0.29, 0.717) is 14.5 Å². The van der Waals surface area contributed by atoms with E-state index in [1.807, 2.05) is 0 Å². The topological polar surface area (TPSA) is 49.6 Å². The predicted octanol–water partition coefficient (Wildman–Crippen LogP) is 4.28. The van der Waals surface area contributed by atoms with Crippen LogP contribution in [0.5, 0.6) is 0 Å². The molecule has 0 unspecified atom stereocenters. The summed E-state index contributed by atoms with van der Waals surface area (Å²) in [7, 11) is 0. The molecule has 0 bridgehead atoms. The van der Waals surface area contributed by atoms with Gasteiger partial charge >= 0.3 is 6.18 Å². The highest BCUT2D eigenvalue weighted by Crippen LogP contribution is 2.35. The van der Waals surface area contributed by atoms with Crippen molar-refractivity contribution in [1.82, 2.24) is 9.97 Å². The number of rotatable bonds is 2. The van der Waals surface area contributed by atoms with Gasteiger partial charge in [-0.2, -0.15) is 18.4 Å². The summed E-state index contributed by atoms with van der Waals surface area (Å²) in [6, 6.07) is 5.04. The third-order valence-corrected chi connectivity index (χ3v) is 3.52. The second kappa shape index (κ2) is 5.81. The minimum Gasteiger partial charge on any atom is -0.230 e. The van der Waals surface area contributed by atoms with Gasteiger partial charge in [-0.1, -0.05) is 0 Å². The Balaban J connectivity index is 2.34. The summed E-state index contributed by atoms with van der Waals surface area (Å²) >= 11 is 4.16. The van der Waals surface area contributed by atoms with Crippen LogP contribution in [0.1, 0.15) is 11.1 Å². The zero-order valence-corrected chi connectivity index (χ0v) is 12.1. The fraction of sp³-hybridized carbons (Fsp3) is 0.0833. The van der Waals surface area contributed by atoms with Gasteiger partial charge in [0, 0.05) is 17.3 Å². The van der Waals surface area contributed by atoms with Crippen molar-refractivity contribution in [2.45, 2.75) is 16.2 Å². The van der Waals surface area contributed by atoms with Crippen LogP contribution in [0.15, 0.2) is 45.1 Å². The maximum atomic E-state index is 12.8. The molecule has 20 heavy (non-hydrogen) atoms. The number of hydrogen-bond donors (Lipinski definition) is 0. The van der Waals surface area contributed by atoms with Crippen LogP contribution < -0.4 is 0 Å². The monoisotopic (exact) mass is 359 g/mol. The van der Waals surface area contributed by atoms with Crippen LogP contribution in [0.4, 0.5) is 13.2 Å². The van der Waals surface area contributed by atoms with Crippen LogP contribution in [0, 0.1) is 11.3 Å². The van der Waals surface area contributed by atoms with Gasteiger partial charge in [0.25, 0.3) is 0 Å². The van der Waals surface area contributed by atoms with E-state index in [1.165, 1.54) is 24.5 Å². The lowest BCUT2D eigenvalue weighted by molar-refractivity contribution is -0.137. The molecule has 0 N–H and O–H groups in total. The summed E-state index contributed by atoms with van der Waals surface area (Å²) in [5.74, 6) is 0. The summed E-state index contributed by atoms with van der Waals surface area (Å²) < 4.78 is 39.1. The average Bonchev–Trinajstić information content (AvgIpc) is 2.40. The second-order valence-corrected chi connectivity index (χ2v) is 5.56. The van der Waals surface area contributed by atoms with Gasteiger partial charge in [-0.25, -0.2) is 9.97 Å². The third kappa shape index (κ3) is 3.49. The van der Waals surface area contributed by atoms with E-state index < -0.39 is 17.3 Å². The van der Waals surface area contributed by atoms with Gasteiger partial charge in [-0.05, 0) is 45.9 Å². The lowest BCUT2D eigenvalue weighted by Crippen LogP contribution is -2.07. The van der Waals surface area contributed by atoms with E-state index in [1.54, 1.807) is 0 Å². The lowest BCUT2D eigenvalue weighted by Gasteiger charge is -2.10. The molecular weight excluding hydrogens is 355 g/mol. The number of halogens is 4. The molecule has 102 valence electrons. The molecule has 0 saturated heterocycles. The molecule has 2 aromatic rings. The number of nitriles is 1. The molecule has 0 radical (unpaired) electrons. The molecule has 0 spiro atoms. The van der Waals surface area contributed by atoms with Gasteiger partial charge in [0.1, 0.15) is 0 Å². The Kier molecular flexibility index (Phi) is 4.30. The van der Waals surface area contributed by atoms with E-state index in [2.05, 4.69) is 25.9 Å². The quantitative estimate of drug-likeness (QED) is 0.750. The molecule has 1 aromatic heterocycles. The molecule has 0 saturated carbocycles. The summed E-state index contributed by atoms with van der Waals surface area (Å²) in [6.45, 7) is 0. The number of aromatic nitrogens is 2. The van der Waals surface area contributed by atoms with Gasteiger partial charge in [0.15, 0.2) is 5.16 Å². The van der Waals surface area contributed by atoms with Crippen molar-refractivity contribution in [2.24, 2.45) is 0 Å². The molecule has 8 heteroatoms. The van der Waals surface area contributed by atoms with Crippen LogP contribution in [-0.4, -0.2) is 9.97 Å². The summed E-state index contributed by atoms with van der Waals surface area (Å²) in [4.78, 5) is 8.25. The minimum atomic E-state index is -4.57. The van der Waals surface area contributed by atoms with Crippen molar-refractivity contribution >= 4 is 27.7 Å². The average molecular weight is 360 g/mol. The van der Waals surface area contributed by atoms with E-state index in [0.717, 1.165) is 23.9 Å². The highest BCUT2D eigenvalue weighted by atomic mass is 79.9. The third-order valence-electron chi connectivity index (χ3n) is 2.22. The first-order chi connectivity index (χ1) is 9.40.